The Balaban J connectivity index is 2.04. The summed E-state index contributed by atoms with van der Waals surface area (Å²) in [5, 5.41) is 8.83. The third-order valence-electron chi connectivity index (χ3n) is 3.70. The quantitative estimate of drug-likeness (QED) is 0.638. The molecule has 21 heavy (non-hydrogen) atoms. The van der Waals surface area contributed by atoms with Crippen LogP contribution < -0.4 is 21.7 Å². The maximum Gasteiger partial charge on any atom is 0.312 e. The Morgan fingerprint density at radius 2 is 2.19 bits per heavy atom. The van der Waals surface area contributed by atoms with Crippen LogP contribution in [0.15, 0.2) is 24.3 Å². The van der Waals surface area contributed by atoms with Crippen LogP contribution in [0, 0.1) is 6.92 Å². The fourth-order valence-corrected chi connectivity index (χ4v) is 2.64. The molecule has 0 aliphatic carbocycles. The highest BCUT2D eigenvalue weighted by Crippen LogP contribution is 2.20. The second-order valence-corrected chi connectivity index (χ2v) is 5.38. The summed E-state index contributed by atoms with van der Waals surface area (Å²) >= 11 is 0. The number of urea groups is 1. The number of benzene rings is 1. The van der Waals surface area contributed by atoms with Crippen LogP contribution in [0.4, 0.5) is 4.79 Å². The van der Waals surface area contributed by atoms with E-state index in [-0.39, 0.29) is 18.4 Å². The van der Waals surface area contributed by atoms with Crippen molar-refractivity contribution >= 4 is 11.9 Å². The molecule has 114 valence electrons. The Kier molecular flexibility index (Phi) is 5.16. The average molecular weight is 290 g/mol. The van der Waals surface area contributed by atoms with Crippen LogP contribution in [-0.2, 0) is 4.79 Å². The minimum absolute atomic E-state index is 0.0781. The van der Waals surface area contributed by atoms with Gasteiger partial charge in [0.05, 0.1) is 12.5 Å². The van der Waals surface area contributed by atoms with Crippen molar-refractivity contribution in [1.82, 2.24) is 16.0 Å². The Bertz CT molecular complexity index is 512. The minimum atomic E-state index is -0.626. The van der Waals surface area contributed by atoms with Crippen LogP contribution >= 0.6 is 0 Å². The molecule has 1 aliphatic heterocycles. The summed E-state index contributed by atoms with van der Waals surface area (Å²) in [6.07, 6.45) is 1.12. The van der Waals surface area contributed by atoms with Gasteiger partial charge < -0.3 is 21.7 Å². The van der Waals surface area contributed by atoms with Crippen molar-refractivity contribution in [1.29, 1.82) is 0 Å². The van der Waals surface area contributed by atoms with Crippen LogP contribution in [0.3, 0.4) is 0 Å². The van der Waals surface area contributed by atoms with Crippen molar-refractivity contribution in [3.05, 3.63) is 35.4 Å². The van der Waals surface area contributed by atoms with Gasteiger partial charge in [-0.1, -0.05) is 24.3 Å². The molecule has 1 heterocycles. The van der Waals surface area contributed by atoms with Gasteiger partial charge in [-0.05, 0) is 31.0 Å². The molecule has 0 spiro atoms. The highest BCUT2D eigenvalue weighted by molar-refractivity contribution is 5.79. The molecule has 1 saturated heterocycles. The molecule has 0 saturated carbocycles. The van der Waals surface area contributed by atoms with E-state index in [2.05, 4.69) is 16.0 Å². The third-order valence-corrected chi connectivity index (χ3v) is 3.70. The number of hydrogen-bond donors (Lipinski definition) is 4. The number of nitrogens with two attached hydrogens (primary N) is 1. The third kappa shape index (κ3) is 4.46. The lowest BCUT2D eigenvalue weighted by atomic mass is 9.98. The van der Waals surface area contributed by atoms with Crippen molar-refractivity contribution < 1.29 is 9.59 Å². The summed E-state index contributed by atoms with van der Waals surface area (Å²) in [5.41, 5.74) is 7.16. The predicted molar refractivity (Wildman–Crippen MR) is 80.7 cm³/mol. The number of hydrogen-bond acceptors (Lipinski definition) is 3. The normalized spacial score (nSPS) is 19.0. The molecular weight excluding hydrogens is 268 g/mol. The summed E-state index contributed by atoms with van der Waals surface area (Å²) in [7, 11) is 0. The van der Waals surface area contributed by atoms with Crippen molar-refractivity contribution in [2.45, 2.75) is 31.8 Å². The van der Waals surface area contributed by atoms with Gasteiger partial charge in [-0.25, -0.2) is 4.79 Å². The molecule has 1 fully saturated rings. The zero-order valence-electron chi connectivity index (χ0n) is 12.2. The first-order valence-corrected chi connectivity index (χ1v) is 7.18. The van der Waals surface area contributed by atoms with Crippen LogP contribution in [0.1, 0.15) is 30.0 Å². The summed E-state index contributed by atoms with van der Waals surface area (Å²) in [4.78, 5) is 23.3. The fraction of sp³-hybridized carbons (Fsp3) is 0.467. The Labute approximate surface area is 124 Å². The van der Waals surface area contributed by atoms with Crippen LogP contribution in [0.2, 0.25) is 0 Å². The van der Waals surface area contributed by atoms with E-state index in [1.807, 2.05) is 31.2 Å². The van der Waals surface area contributed by atoms with Gasteiger partial charge in [-0.15, -0.1) is 0 Å². The number of carbonyl (C=O) groups is 2. The SMILES string of the molecule is Cc1ccccc1C(CC(=O)NC1CCNC1)NC(N)=O. The number of aryl methyl sites for hydroxylation is 1. The molecule has 1 aromatic rings. The maximum absolute atomic E-state index is 12.1. The largest absolute Gasteiger partial charge is 0.352 e. The first-order valence-electron chi connectivity index (χ1n) is 7.18. The minimum Gasteiger partial charge on any atom is -0.352 e. The van der Waals surface area contributed by atoms with Crippen molar-refractivity contribution in [3.63, 3.8) is 0 Å². The van der Waals surface area contributed by atoms with E-state index in [9.17, 15) is 9.59 Å². The van der Waals surface area contributed by atoms with Crippen molar-refractivity contribution in [2.75, 3.05) is 13.1 Å². The van der Waals surface area contributed by atoms with E-state index < -0.39 is 12.1 Å². The second-order valence-electron chi connectivity index (χ2n) is 5.38. The standard InChI is InChI=1S/C15H22N4O2/c1-10-4-2-3-5-12(10)13(19-15(16)21)8-14(20)18-11-6-7-17-9-11/h2-5,11,13,17H,6-9H2,1H3,(H,18,20)(H3,16,19,21). The van der Waals surface area contributed by atoms with Gasteiger partial charge in [-0.2, -0.15) is 0 Å². The summed E-state index contributed by atoms with van der Waals surface area (Å²) in [5.74, 6) is -0.0781. The number of rotatable bonds is 5. The monoisotopic (exact) mass is 290 g/mol. The molecule has 6 nitrogen and oxygen atoms in total. The van der Waals surface area contributed by atoms with Gasteiger partial charge in [0.25, 0.3) is 0 Å². The number of amides is 3. The predicted octanol–water partition coefficient (Wildman–Crippen LogP) is 0.573. The van der Waals surface area contributed by atoms with Gasteiger partial charge in [0.2, 0.25) is 5.91 Å². The molecule has 0 radical (unpaired) electrons. The van der Waals surface area contributed by atoms with Gasteiger partial charge in [0.15, 0.2) is 0 Å². The summed E-state index contributed by atoms with van der Waals surface area (Å²) < 4.78 is 0. The maximum atomic E-state index is 12.1. The fourth-order valence-electron chi connectivity index (χ4n) is 2.64. The summed E-state index contributed by atoms with van der Waals surface area (Å²) in [6, 6.07) is 6.80. The van der Waals surface area contributed by atoms with E-state index in [0.717, 1.165) is 30.6 Å². The second kappa shape index (κ2) is 7.08. The first-order chi connectivity index (χ1) is 10.1. The number of nitrogens with one attached hydrogen (secondary N) is 3. The zero-order valence-corrected chi connectivity index (χ0v) is 12.2. The van der Waals surface area contributed by atoms with Gasteiger partial charge in [-0.3, -0.25) is 4.79 Å². The molecule has 2 rings (SSSR count). The van der Waals surface area contributed by atoms with Crippen molar-refractivity contribution in [2.24, 2.45) is 5.73 Å². The molecule has 2 atom stereocenters. The Morgan fingerprint density at radius 3 is 2.81 bits per heavy atom. The first kappa shape index (κ1) is 15.3. The number of primary amides is 1. The number of carbonyl (C=O) groups excluding carboxylic acids is 2. The molecule has 3 amide bonds. The van der Waals surface area contributed by atoms with Crippen LogP contribution in [0.25, 0.3) is 0 Å². The van der Waals surface area contributed by atoms with Gasteiger partial charge in [0.1, 0.15) is 0 Å². The Hall–Kier alpha value is -2.08. The van der Waals surface area contributed by atoms with Gasteiger partial charge >= 0.3 is 6.03 Å². The molecule has 0 aromatic heterocycles. The van der Waals surface area contributed by atoms with Gasteiger partial charge in [0, 0.05) is 12.6 Å². The lowest BCUT2D eigenvalue weighted by Crippen LogP contribution is -2.40. The molecular formula is C15H22N4O2. The molecule has 0 bridgehead atoms. The smallest absolute Gasteiger partial charge is 0.312 e. The summed E-state index contributed by atoms with van der Waals surface area (Å²) in [6.45, 7) is 3.67. The molecule has 1 aromatic carbocycles. The zero-order chi connectivity index (χ0) is 15.2. The van der Waals surface area contributed by atoms with Crippen LogP contribution in [0.5, 0.6) is 0 Å². The highest BCUT2D eigenvalue weighted by atomic mass is 16.2. The molecule has 5 N–H and O–H groups in total. The van der Waals surface area contributed by atoms with E-state index in [0.29, 0.717) is 0 Å². The Morgan fingerprint density at radius 1 is 1.43 bits per heavy atom. The van der Waals surface area contributed by atoms with Crippen LogP contribution in [-0.4, -0.2) is 31.1 Å². The lowest BCUT2D eigenvalue weighted by molar-refractivity contribution is -0.122. The lowest BCUT2D eigenvalue weighted by Gasteiger charge is -2.20. The van der Waals surface area contributed by atoms with E-state index in [4.69, 9.17) is 5.73 Å². The van der Waals surface area contributed by atoms with E-state index in [1.165, 1.54) is 0 Å². The highest BCUT2D eigenvalue weighted by Gasteiger charge is 2.22. The molecule has 1 aliphatic rings. The average Bonchev–Trinajstić information content (AvgIpc) is 2.90. The van der Waals surface area contributed by atoms with E-state index >= 15 is 0 Å². The topological polar surface area (TPSA) is 96.2 Å². The van der Waals surface area contributed by atoms with Crippen molar-refractivity contribution in [3.8, 4) is 0 Å². The van der Waals surface area contributed by atoms with E-state index in [1.54, 1.807) is 0 Å². The molecule has 2 unspecified atom stereocenters. The molecule has 6 heteroatoms.